The van der Waals surface area contributed by atoms with E-state index >= 15 is 0 Å². The van der Waals surface area contributed by atoms with Gasteiger partial charge in [0.05, 0.1) is 16.9 Å². The van der Waals surface area contributed by atoms with Crippen LogP contribution in [0.3, 0.4) is 0 Å². The van der Waals surface area contributed by atoms with Crippen LogP contribution < -0.4 is 5.73 Å². The minimum Gasteiger partial charge on any atom is -0.397 e. The van der Waals surface area contributed by atoms with Crippen LogP contribution in [0.15, 0.2) is 36.5 Å². The molecule has 0 saturated heterocycles. The Bertz CT molecular complexity index is 477. The van der Waals surface area contributed by atoms with Gasteiger partial charge >= 0.3 is 0 Å². The molecule has 76 valence electrons. The molecule has 1 aromatic carbocycles. The average Bonchev–Trinajstić information content (AvgIpc) is 2.20. The molecular formula is C11H8F2N2. The number of aromatic nitrogens is 1. The number of nitrogens with two attached hydrogens (primary N) is 1. The lowest BCUT2D eigenvalue weighted by Crippen LogP contribution is -1.97. The van der Waals surface area contributed by atoms with E-state index in [1.807, 2.05) is 0 Å². The number of anilines is 1. The Hall–Kier alpha value is -1.97. The lowest BCUT2D eigenvalue weighted by molar-refractivity contribution is 0.589. The van der Waals surface area contributed by atoms with E-state index in [2.05, 4.69) is 4.98 Å². The molecule has 0 spiro atoms. The first-order valence-electron chi connectivity index (χ1n) is 4.35. The molecule has 1 heterocycles. The quantitative estimate of drug-likeness (QED) is 0.778. The Balaban J connectivity index is 2.69. The number of nitrogens with zero attached hydrogens (tertiary/aromatic N) is 1. The summed E-state index contributed by atoms with van der Waals surface area (Å²) in [6, 6.07) is 6.80. The zero-order valence-electron chi connectivity index (χ0n) is 7.74. The van der Waals surface area contributed by atoms with E-state index in [4.69, 9.17) is 5.73 Å². The minimum atomic E-state index is -0.666. The molecule has 0 radical (unpaired) electrons. The van der Waals surface area contributed by atoms with Crippen molar-refractivity contribution in [1.82, 2.24) is 4.98 Å². The third kappa shape index (κ3) is 1.66. The third-order valence-electron chi connectivity index (χ3n) is 2.04. The Kier molecular flexibility index (Phi) is 2.33. The first-order chi connectivity index (χ1) is 7.20. The van der Waals surface area contributed by atoms with Gasteiger partial charge in [-0.25, -0.2) is 8.78 Å². The standard InChI is InChI=1S/C11H8F2N2/c12-7-3-1-4-8(13)10(7)11-9(14)5-2-6-15-11/h1-6H,14H2. The van der Waals surface area contributed by atoms with Crippen LogP contribution in [-0.4, -0.2) is 4.98 Å². The molecule has 2 rings (SSSR count). The Morgan fingerprint density at radius 1 is 1.00 bits per heavy atom. The summed E-state index contributed by atoms with van der Waals surface area (Å²) in [5, 5.41) is 0. The molecule has 0 amide bonds. The lowest BCUT2D eigenvalue weighted by atomic mass is 10.1. The van der Waals surface area contributed by atoms with Crippen molar-refractivity contribution in [1.29, 1.82) is 0 Å². The highest BCUT2D eigenvalue weighted by Crippen LogP contribution is 2.27. The predicted octanol–water partition coefficient (Wildman–Crippen LogP) is 2.61. The van der Waals surface area contributed by atoms with Crippen LogP contribution in [0.25, 0.3) is 11.3 Å². The molecule has 0 bridgehead atoms. The molecular weight excluding hydrogens is 198 g/mol. The molecule has 0 unspecified atom stereocenters. The van der Waals surface area contributed by atoms with Gasteiger partial charge in [0.2, 0.25) is 0 Å². The van der Waals surface area contributed by atoms with Crippen molar-refractivity contribution in [3.8, 4) is 11.3 Å². The van der Waals surface area contributed by atoms with Gasteiger partial charge in [0.25, 0.3) is 0 Å². The van der Waals surface area contributed by atoms with Gasteiger partial charge in [-0.15, -0.1) is 0 Å². The summed E-state index contributed by atoms with van der Waals surface area (Å²) in [5.74, 6) is -1.33. The fourth-order valence-electron chi connectivity index (χ4n) is 1.35. The van der Waals surface area contributed by atoms with E-state index < -0.39 is 11.6 Å². The van der Waals surface area contributed by atoms with E-state index in [1.165, 1.54) is 24.4 Å². The third-order valence-corrected chi connectivity index (χ3v) is 2.04. The Labute approximate surface area is 85.4 Å². The summed E-state index contributed by atoms with van der Waals surface area (Å²) in [4.78, 5) is 3.87. The van der Waals surface area contributed by atoms with Crippen LogP contribution in [0.4, 0.5) is 14.5 Å². The van der Waals surface area contributed by atoms with E-state index in [0.29, 0.717) is 0 Å². The molecule has 0 fully saturated rings. The van der Waals surface area contributed by atoms with Crippen molar-refractivity contribution < 1.29 is 8.78 Å². The molecule has 0 saturated carbocycles. The highest BCUT2D eigenvalue weighted by atomic mass is 19.1. The molecule has 15 heavy (non-hydrogen) atoms. The number of pyridine rings is 1. The monoisotopic (exact) mass is 206 g/mol. The van der Waals surface area contributed by atoms with E-state index in [-0.39, 0.29) is 16.9 Å². The fraction of sp³-hybridized carbons (Fsp3) is 0. The summed E-state index contributed by atoms with van der Waals surface area (Å²) in [6.45, 7) is 0. The highest BCUT2D eigenvalue weighted by molar-refractivity contribution is 5.72. The van der Waals surface area contributed by atoms with Gasteiger partial charge < -0.3 is 5.73 Å². The largest absolute Gasteiger partial charge is 0.397 e. The summed E-state index contributed by atoms with van der Waals surface area (Å²) in [6.07, 6.45) is 1.44. The Morgan fingerprint density at radius 3 is 2.27 bits per heavy atom. The first kappa shape index (κ1) is 9.58. The zero-order chi connectivity index (χ0) is 10.8. The lowest BCUT2D eigenvalue weighted by Gasteiger charge is -2.06. The van der Waals surface area contributed by atoms with Crippen molar-refractivity contribution in [2.75, 3.05) is 5.73 Å². The zero-order valence-corrected chi connectivity index (χ0v) is 7.74. The molecule has 2 nitrogen and oxygen atoms in total. The summed E-state index contributed by atoms with van der Waals surface area (Å²) in [7, 11) is 0. The van der Waals surface area contributed by atoms with Crippen molar-refractivity contribution >= 4 is 5.69 Å². The van der Waals surface area contributed by atoms with Crippen molar-refractivity contribution in [3.63, 3.8) is 0 Å². The highest BCUT2D eigenvalue weighted by Gasteiger charge is 2.13. The van der Waals surface area contributed by atoms with Crippen LogP contribution in [0.5, 0.6) is 0 Å². The van der Waals surface area contributed by atoms with Gasteiger partial charge in [0, 0.05) is 6.20 Å². The van der Waals surface area contributed by atoms with E-state index in [0.717, 1.165) is 0 Å². The van der Waals surface area contributed by atoms with Crippen molar-refractivity contribution in [2.24, 2.45) is 0 Å². The summed E-state index contributed by atoms with van der Waals surface area (Å²) in [5.41, 5.74) is 5.79. The number of hydrogen-bond acceptors (Lipinski definition) is 2. The number of hydrogen-bond donors (Lipinski definition) is 1. The van der Waals surface area contributed by atoms with Crippen LogP contribution in [0.2, 0.25) is 0 Å². The van der Waals surface area contributed by atoms with Gasteiger partial charge in [-0.2, -0.15) is 0 Å². The van der Waals surface area contributed by atoms with E-state index in [9.17, 15) is 8.78 Å². The van der Waals surface area contributed by atoms with Crippen LogP contribution in [0.1, 0.15) is 0 Å². The van der Waals surface area contributed by atoms with Gasteiger partial charge in [0.15, 0.2) is 0 Å². The second-order valence-electron chi connectivity index (χ2n) is 3.04. The molecule has 1 aromatic heterocycles. The summed E-state index contributed by atoms with van der Waals surface area (Å²) >= 11 is 0. The van der Waals surface area contributed by atoms with Gasteiger partial charge in [-0.05, 0) is 24.3 Å². The molecule has 0 aliphatic carbocycles. The topological polar surface area (TPSA) is 38.9 Å². The molecule has 2 aromatic rings. The number of benzene rings is 1. The molecule has 2 N–H and O–H groups in total. The fourth-order valence-corrected chi connectivity index (χ4v) is 1.35. The molecule has 0 aliphatic heterocycles. The van der Waals surface area contributed by atoms with Gasteiger partial charge in [0.1, 0.15) is 11.6 Å². The van der Waals surface area contributed by atoms with Gasteiger partial charge in [-0.3, -0.25) is 4.98 Å². The maximum absolute atomic E-state index is 13.4. The van der Waals surface area contributed by atoms with Gasteiger partial charge in [-0.1, -0.05) is 6.07 Å². The second-order valence-corrected chi connectivity index (χ2v) is 3.04. The number of nitrogen functional groups attached to an aromatic ring is 1. The second kappa shape index (κ2) is 3.65. The molecule has 0 atom stereocenters. The van der Waals surface area contributed by atoms with Crippen LogP contribution >= 0.6 is 0 Å². The SMILES string of the molecule is Nc1cccnc1-c1c(F)cccc1F. The predicted molar refractivity (Wildman–Crippen MR) is 54.0 cm³/mol. The maximum Gasteiger partial charge on any atom is 0.135 e. The van der Waals surface area contributed by atoms with Crippen molar-refractivity contribution in [3.05, 3.63) is 48.2 Å². The number of halogens is 2. The first-order valence-corrected chi connectivity index (χ1v) is 4.35. The number of rotatable bonds is 1. The smallest absolute Gasteiger partial charge is 0.135 e. The molecule has 4 heteroatoms. The average molecular weight is 206 g/mol. The minimum absolute atomic E-state index is 0.133. The van der Waals surface area contributed by atoms with Crippen LogP contribution in [0, 0.1) is 11.6 Å². The van der Waals surface area contributed by atoms with Crippen LogP contribution in [-0.2, 0) is 0 Å². The normalized spacial score (nSPS) is 10.3. The molecule has 0 aliphatic rings. The summed E-state index contributed by atoms with van der Waals surface area (Å²) < 4.78 is 26.8. The van der Waals surface area contributed by atoms with E-state index in [1.54, 1.807) is 12.1 Å². The van der Waals surface area contributed by atoms with Crippen molar-refractivity contribution in [2.45, 2.75) is 0 Å². The maximum atomic E-state index is 13.4. The Morgan fingerprint density at radius 2 is 1.67 bits per heavy atom.